The number of nitrogens with zero attached hydrogens (tertiary/aromatic N) is 1. The van der Waals surface area contributed by atoms with Gasteiger partial charge in [-0.1, -0.05) is 48.6 Å². The fourth-order valence-corrected chi connectivity index (χ4v) is 3.83. The molecule has 1 saturated heterocycles. The van der Waals surface area contributed by atoms with Crippen LogP contribution in [0.2, 0.25) is 0 Å². The highest BCUT2D eigenvalue weighted by molar-refractivity contribution is 5.82. The molecule has 0 aliphatic carbocycles. The predicted octanol–water partition coefficient (Wildman–Crippen LogP) is 3.11. The Labute approximate surface area is 158 Å². The van der Waals surface area contributed by atoms with Crippen molar-refractivity contribution in [3.05, 3.63) is 60.2 Å². The highest BCUT2D eigenvalue weighted by atomic mass is 16.6. The molecule has 2 aliphatic rings. The molecule has 140 valence electrons. The van der Waals surface area contributed by atoms with Crippen molar-refractivity contribution >= 4 is 10.8 Å². The number of benzene rings is 2. The van der Waals surface area contributed by atoms with Gasteiger partial charge in [0.05, 0.1) is 37.9 Å². The molecule has 0 bridgehead atoms. The van der Waals surface area contributed by atoms with Crippen LogP contribution < -0.4 is 0 Å². The molecular formula is C22H23NO4. The predicted molar refractivity (Wildman–Crippen MR) is 101 cm³/mol. The number of aliphatic hydroxyl groups excluding tert-OH is 1. The summed E-state index contributed by atoms with van der Waals surface area (Å²) in [6, 6.07) is 16.5. The van der Waals surface area contributed by atoms with E-state index in [1.165, 1.54) is 5.39 Å². The van der Waals surface area contributed by atoms with E-state index in [0.29, 0.717) is 19.6 Å². The Bertz CT molecular complexity index is 859. The molecule has 5 heteroatoms. The largest absolute Gasteiger partial charge is 0.388 e. The Morgan fingerprint density at radius 2 is 2.00 bits per heavy atom. The van der Waals surface area contributed by atoms with Crippen molar-refractivity contribution in [1.29, 1.82) is 5.26 Å². The average molecular weight is 365 g/mol. The van der Waals surface area contributed by atoms with Crippen molar-refractivity contribution in [2.75, 3.05) is 6.61 Å². The van der Waals surface area contributed by atoms with E-state index in [0.717, 1.165) is 10.9 Å². The lowest BCUT2D eigenvalue weighted by Gasteiger charge is -2.43. The van der Waals surface area contributed by atoms with Crippen LogP contribution in [0.5, 0.6) is 0 Å². The van der Waals surface area contributed by atoms with E-state index in [1.54, 1.807) is 0 Å². The summed E-state index contributed by atoms with van der Waals surface area (Å²) in [5.41, 5.74) is 1.03. The Kier molecular flexibility index (Phi) is 5.51. The van der Waals surface area contributed by atoms with Crippen molar-refractivity contribution in [3.63, 3.8) is 0 Å². The number of rotatable bonds is 4. The Hall–Kier alpha value is -2.23. The third kappa shape index (κ3) is 3.90. The van der Waals surface area contributed by atoms with Gasteiger partial charge in [0.25, 0.3) is 0 Å². The summed E-state index contributed by atoms with van der Waals surface area (Å²) in [5.74, 6) is 0. The maximum Gasteiger partial charge on any atom is 0.115 e. The third-order valence-electron chi connectivity index (χ3n) is 5.23. The molecule has 0 unspecified atom stereocenters. The van der Waals surface area contributed by atoms with Crippen LogP contribution in [0, 0.1) is 11.3 Å². The number of hydrogen-bond donors (Lipinski definition) is 1. The quantitative estimate of drug-likeness (QED) is 0.843. The monoisotopic (exact) mass is 365 g/mol. The Morgan fingerprint density at radius 3 is 2.85 bits per heavy atom. The minimum atomic E-state index is -0.899. The summed E-state index contributed by atoms with van der Waals surface area (Å²) in [5, 5.41) is 22.1. The maximum atomic E-state index is 10.7. The lowest BCUT2D eigenvalue weighted by molar-refractivity contribution is -0.244. The van der Waals surface area contributed by atoms with Gasteiger partial charge in [-0.2, -0.15) is 5.26 Å². The van der Waals surface area contributed by atoms with Gasteiger partial charge in [-0.15, -0.1) is 0 Å². The molecule has 2 aromatic rings. The van der Waals surface area contributed by atoms with Crippen LogP contribution in [-0.2, 0) is 20.8 Å². The second-order valence-electron chi connectivity index (χ2n) is 7.03. The van der Waals surface area contributed by atoms with Crippen LogP contribution in [0.15, 0.2) is 54.6 Å². The molecule has 0 saturated carbocycles. The van der Waals surface area contributed by atoms with E-state index in [1.807, 2.05) is 30.4 Å². The second kappa shape index (κ2) is 8.20. The zero-order valence-electron chi connectivity index (χ0n) is 15.0. The topological polar surface area (TPSA) is 71.7 Å². The number of aliphatic hydroxyl groups is 1. The fraction of sp³-hybridized carbons (Fsp3) is 0.409. The molecule has 2 aromatic carbocycles. The molecule has 1 N–H and O–H groups in total. The van der Waals surface area contributed by atoms with Gasteiger partial charge < -0.3 is 19.3 Å². The van der Waals surface area contributed by atoms with E-state index in [4.69, 9.17) is 19.5 Å². The fourth-order valence-electron chi connectivity index (χ4n) is 3.83. The van der Waals surface area contributed by atoms with Crippen LogP contribution in [0.25, 0.3) is 10.8 Å². The molecule has 2 aliphatic heterocycles. The smallest absolute Gasteiger partial charge is 0.115 e. The summed E-state index contributed by atoms with van der Waals surface area (Å²) in [6.07, 6.45) is 2.22. The molecule has 0 radical (unpaired) electrons. The van der Waals surface area contributed by atoms with Crippen LogP contribution in [-0.4, -0.2) is 42.2 Å². The number of ether oxygens (including phenoxy) is 3. The van der Waals surface area contributed by atoms with Gasteiger partial charge in [0.2, 0.25) is 0 Å². The molecule has 5 nitrogen and oxygen atoms in total. The first-order valence-corrected chi connectivity index (χ1v) is 9.32. The molecule has 1 fully saturated rings. The molecular weight excluding hydrogens is 342 g/mol. The summed E-state index contributed by atoms with van der Waals surface area (Å²) in [4.78, 5) is 0. The molecule has 0 amide bonds. The number of hydrogen-bond acceptors (Lipinski definition) is 5. The lowest BCUT2D eigenvalue weighted by atomic mass is 9.92. The molecule has 0 spiro atoms. The number of nitriles is 1. The summed E-state index contributed by atoms with van der Waals surface area (Å²) >= 11 is 0. The number of fused-ring (bicyclic) bond motifs is 2. The van der Waals surface area contributed by atoms with E-state index in [2.05, 4.69) is 30.3 Å². The molecule has 0 aromatic heterocycles. The summed E-state index contributed by atoms with van der Waals surface area (Å²) in [6.45, 7) is 0.835. The van der Waals surface area contributed by atoms with Gasteiger partial charge in [-0.05, 0) is 28.8 Å². The van der Waals surface area contributed by atoms with E-state index in [-0.39, 0.29) is 18.6 Å². The van der Waals surface area contributed by atoms with Crippen molar-refractivity contribution in [2.24, 2.45) is 0 Å². The molecule has 4 rings (SSSR count). The Morgan fingerprint density at radius 1 is 1.15 bits per heavy atom. The van der Waals surface area contributed by atoms with Crippen molar-refractivity contribution in [3.8, 4) is 6.07 Å². The van der Waals surface area contributed by atoms with Crippen LogP contribution in [0.3, 0.4) is 0 Å². The SMILES string of the molecule is N#CC[C@H]1O[C@H]2CC=CCO[C@@H]2[C@@H](OCc2ccc3ccccc3c2)[C@@H]1O. The summed E-state index contributed by atoms with van der Waals surface area (Å²) < 4.78 is 18.0. The van der Waals surface area contributed by atoms with Gasteiger partial charge in [-0.25, -0.2) is 0 Å². The van der Waals surface area contributed by atoms with Crippen molar-refractivity contribution in [2.45, 2.75) is 50.0 Å². The first-order chi connectivity index (χ1) is 13.3. The van der Waals surface area contributed by atoms with Gasteiger partial charge in [0, 0.05) is 0 Å². The highest BCUT2D eigenvalue weighted by Gasteiger charge is 2.46. The van der Waals surface area contributed by atoms with Crippen molar-refractivity contribution < 1.29 is 19.3 Å². The minimum absolute atomic E-state index is 0.129. The zero-order valence-corrected chi connectivity index (χ0v) is 15.0. The second-order valence-corrected chi connectivity index (χ2v) is 7.03. The van der Waals surface area contributed by atoms with Gasteiger partial charge in [0.15, 0.2) is 0 Å². The van der Waals surface area contributed by atoms with Crippen LogP contribution in [0.1, 0.15) is 18.4 Å². The first-order valence-electron chi connectivity index (χ1n) is 9.32. The average Bonchev–Trinajstić information content (AvgIpc) is 2.93. The standard InChI is InChI=1S/C22H23NO4/c23-11-10-18-20(24)22(21-19(27-18)7-3-4-12-25-21)26-14-15-8-9-16-5-1-2-6-17(16)13-15/h1-6,8-9,13,18-22,24H,7,10,12,14H2/t18-,19+,20-,21+,22+/m1/s1. The first kappa shape index (κ1) is 18.1. The van der Waals surface area contributed by atoms with Gasteiger partial charge in [0.1, 0.15) is 18.3 Å². The van der Waals surface area contributed by atoms with Gasteiger partial charge >= 0.3 is 0 Å². The van der Waals surface area contributed by atoms with E-state index < -0.39 is 18.3 Å². The normalized spacial score (nSPS) is 30.4. The molecule has 5 atom stereocenters. The zero-order chi connectivity index (χ0) is 18.6. The minimum Gasteiger partial charge on any atom is -0.388 e. The summed E-state index contributed by atoms with van der Waals surface area (Å²) in [7, 11) is 0. The molecule has 2 heterocycles. The van der Waals surface area contributed by atoms with Crippen molar-refractivity contribution in [1.82, 2.24) is 0 Å². The van der Waals surface area contributed by atoms with Crippen LogP contribution in [0.4, 0.5) is 0 Å². The maximum absolute atomic E-state index is 10.7. The van der Waals surface area contributed by atoms with Crippen LogP contribution >= 0.6 is 0 Å². The van der Waals surface area contributed by atoms with E-state index in [9.17, 15) is 5.11 Å². The molecule has 27 heavy (non-hydrogen) atoms. The third-order valence-corrected chi connectivity index (χ3v) is 5.23. The lowest BCUT2D eigenvalue weighted by Crippen LogP contribution is -2.58. The van der Waals surface area contributed by atoms with E-state index >= 15 is 0 Å². The highest BCUT2D eigenvalue weighted by Crippen LogP contribution is 2.31. The Balaban J connectivity index is 1.52. The van der Waals surface area contributed by atoms with Gasteiger partial charge in [-0.3, -0.25) is 0 Å².